The van der Waals surface area contributed by atoms with Crippen molar-refractivity contribution in [3.63, 3.8) is 0 Å². The number of piperidine rings is 1. The molecule has 0 aromatic heterocycles. The summed E-state index contributed by atoms with van der Waals surface area (Å²) in [5.74, 6) is -0.154. The number of carbonyl (C=O) groups is 1. The molecule has 0 saturated carbocycles. The minimum atomic E-state index is -1.19. The zero-order chi connectivity index (χ0) is 17.2. The van der Waals surface area contributed by atoms with E-state index in [1.54, 1.807) is 29.2 Å². The number of nitrogens with zero attached hydrogens (tertiary/aromatic N) is 2. The average Bonchev–Trinajstić information content (AvgIpc) is 2.58. The maximum Gasteiger partial charge on any atom is 0.253 e. The molecular formula is C17H23ClN2O4. The fourth-order valence-electron chi connectivity index (χ4n) is 3.26. The third-order valence-corrected chi connectivity index (χ3v) is 5.06. The van der Waals surface area contributed by atoms with Gasteiger partial charge in [-0.3, -0.25) is 9.69 Å². The van der Waals surface area contributed by atoms with Crippen LogP contribution in [0.25, 0.3) is 0 Å². The highest BCUT2D eigenvalue weighted by Crippen LogP contribution is 2.26. The van der Waals surface area contributed by atoms with Gasteiger partial charge in [-0.15, -0.1) is 0 Å². The average molecular weight is 355 g/mol. The predicted octanol–water partition coefficient (Wildman–Crippen LogP) is 0.610. The van der Waals surface area contributed by atoms with Gasteiger partial charge in [-0.2, -0.15) is 0 Å². The third kappa shape index (κ3) is 3.90. The quantitative estimate of drug-likeness (QED) is 0.832. The monoisotopic (exact) mass is 354 g/mol. The van der Waals surface area contributed by atoms with Crippen LogP contribution in [0.2, 0.25) is 5.02 Å². The molecule has 3 rings (SSSR count). The van der Waals surface area contributed by atoms with Gasteiger partial charge in [0.05, 0.1) is 13.2 Å². The molecule has 1 aromatic carbocycles. The van der Waals surface area contributed by atoms with E-state index in [1.807, 2.05) is 0 Å². The van der Waals surface area contributed by atoms with Crippen molar-refractivity contribution < 1.29 is 19.7 Å². The number of morpholine rings is 1. The second-order valence-corrected chi connectivity index (χ2v) is 6.95. The molecule has 2 atom stereocenters. The molecule has 2 saturated heterocycles. The van der Waals surface area contributed by atoms with Crippen LogP contribution in [0, 0.1) is 0 Å². The Labute approximate surface area is 146 Å². The van der Waals surface area contributed by atoms with E-state index < -0.39 is 11.7 Å². The molecule has 132 valence electrons. The summed E-state index contributed by atoms with van der Waals surface area (Å²) in [4.78, 5) is 16.2. The van der Waals surface area contributed by atoms with Crippen molar-refractivity contribution in [2.75, 3.05) is 45.9 Å². The summed E-state index contributed by atoms with van der Waals surface area (Å²) in [5.41, 5.74) is -0.654. The van der Waals surface area contributed by atoms with Gasteiger partial charge < -0.3 is 19.8 Å². The minimum Gasteiger partial charge on any atom is -0.388 e. The van der Waals surface area contributed by atoms with Crippen LogP contribution in [-0.2, 0) is 4.74 Å². The molecule has 2 N–H and O–H groups in total. The molecule has 24 heavy (non-hydrogen) atoms. The van der Waals surface area contributed by atoms with Crippen LogP contribution in [0.5, 0.6) is 0 Å². The molecule has 0 radical (unpaired) electrons. The molecule has 2 aliphatic rings. The third-order valence-electron chi connectivity index (χ3n) is 4.81. The zero-order valence-corrected chi connectivity index (χ0v) is 14.3. The number of hydrogen-bond acceptors (Lipinski definition) is 5. The maximum absolute atomic E-state index is 12.5. The van der Waals surface area contributed by atoms with E-state index >= 15 is 0 Å². The molecular weight excluding hydrogens is 332 g/mol. The lowest BCUT2D eigenvalue weighted by Crippen LogP contribution is -2.61. The smallest absolute Gasteiger partial charge is 0.253 e. The van der Waals surface area contributed by atoms with Crippen LogP contribution in [-0.4, -0.2) is 83.6 Å². The summed E-state index contributed by atoms with van der Waals surface area (Å²) in [6.45, 7) is 3.74. The van der Waals surface area contributed by atoms with Crippen LogP contribution in [0.3, 0.4) is 0 Å². The number of aliphatic hydroxyl groups excluding tert-OH is 1. The van der Waals surface area contributed by atoms with Crippen LogP contribution in [0.15, 0.2) is 24.3 Å². The van der Waals surface area contributed by atoms with E-state index in [-0.39, 0.29) is 12.5 Å². The molecule has 2 aliphatic heterocycles. The van der Waals surface area contributed by atoms with Crippen molar-refractivity contribution in [2.24, 2.45) is 0 Å². The van der Waals surface area contributed by atoms with Gasteiger partial charge in [-0.25, -0.2) is 0 Å². The van der Waals surface area contributed by atoms with E-state index in [0.29, 0.717) is 43.3 Å². The maximum atomic E-state index is 12.5. The first kappa shape index (κ1) is 17.6. The normalized spacial score (nSPS) is 28.8. The highest BCUT2D eigenvalue weighted by atomic mass is 35.5. The SMILES string of the molecule is O=C(c1ccc(Cl)cc1)N1CC[C@](O)(CN2CCOCC2)[C@@H](O)C1. The van der Waals surface area contributed by atoms with Gasteiger partial charge in [0.1, 0.15) is 11.7 Å². The zero-order valence-electron chi connectivity index (χ0n) is 13.5. The number of halogens is 1. The van der Waals surface area contributed by atoms with Crippen molar-refractivity contribution >= 4 is 17.5 Å². The molecule has 0 bridgehead atoms. The van der Waals surface area contributed by atoms with Crippen molar-refractivity contribution in [1.29, 1.82) is 0 Å². The number of rotatable bonds is 3. The molecule has 0 aliphatic carbocycles. The first-order valence-corrected chi connectivity index (χ1v) is 8.61. The van der Waals surface area contributed by atoms with Crippen molar-refractivity contribution in [3.8, 4) is 0 Å². The van der Waals surface area contributed by atoms with Gasteiger partial charge in [-0.05, 0) is 30.7 Å². The molecule has 6 nitrogen and oxygen atoms in total. The fourth-order valence-corrected chi connectivity index (χ4v) is 3.38. The molecule has 7 heteroatoms. The standard InChI is InChI=1S/C17H23ClN2O4/c18-14-3-1-13(2-4-14)16(22)20-6-5-17(23,15(21)11-20)12-19-7-9-24-10-8-19/h1-4,15,21,23H,5-12H2/t15-,17-/m0/s1. The number of β-amino-alcohol motifs (C(OH)–C–C–N with tert-alkyl or cyclic N) is 2. The Bertz CT molecular complexity index is 576. The van der Waals surface area contributed by atoms with E-state index in [2.05, 4.69) is 4.90 Å². The topological polar surface area (TPSA) is 73.2 Å². The summed E-state index contributed by atoms with van der Waals surface area (Å²) >= 11 is 5.84. The van der Waals surface area contributed by atoms with Crippen molar-refractivity contribution in [3.05, 3.63) is 34.9 Å². The Balaban J connectivity index is 1.61. The second-order valence-electron chi connectivity index (χ2n) is 6.52. The predicted molar refractivity (Wildman–Crippen MR) is 90.2 cm³/mol. The number of hydrogen-bond donors (Lipinski definition) is 2. The Morgan fingerprint density at radius 2 is 1.92 bits per heavy atom. The van der Waals surface area contributed by atoms with Crippen LogP contribution >= 0.6 is 11.6 Å². The van der Waals surface area contributed by atoms with Gasteiger partial charge >= 0.3 is 0 Å². The molecule has 0 unspecified atom stereocenters. The molecule has 1 amide bonds. The van der Waals surface area contributed by atoms with Crippen LogP contribution in [0.4, 0.5) is 0 Å². The van der Waals surface area contributed by atoms with Gasteiger partial charge in [0.2, 0.25) is 0 Å². The minimum absolute atomic E-state index is 0.127. The summed E-state index contributed by atoms with van der Waals surface area (Å²) in [5, 5.41) is 21.8. The number of ether oxygens (including phenoxy) is 1. The molecule has 1 aromatic rings. The van der Waals surface area contributed by atoms with Crippen LogP contribution < -0.4 is 0 Å². The Hall–Kier alpha value is -1.18. The number of amides is 1. The Kier molecular flexibility index (Phi) is 5.42. The van der Waals surface area contributed by atoms with Gasteiger partial charge in [0, 0.05) is 43.3 Å². The first-order valence-electron chi connectivity index (χ1n) is 8.23. The van der Waals surface area contributed by atoms with Crippen molar-refractivity contribution in [2.45, 2.75) is 18.1 Å². The first-order chi connectivity index (χ1) is 11.5. The number of carbonyl (C=O) groups excluding carboxylic acids is 1. The van der Waals surface area contributed by atoms with Gasteiger partial charge in [0.15, 0.2) is 0 Å². The lowest BCUT2D eigenvalue weighted by atomic mass is 9.87. The summed E-state index contributed by atoms with van der Waals surface area (Å²) in [7, 11) is 0. The lowest BCUT2D eigenvalue weighted by molar-refractivity contribution is -0.132. The van der Waals surface area contributed by atoms with E-state index in [9.17, 15) is 15.0 Å². The summed E-state index contributed by atoms with van der Waals surface area (Å²) in [6, 6.07) is 6.69. The van der Waals surface area contributed by atoms with Gasteiger partial charge in [-0.1, -0.05) is 11.6 Å². The molecule has 2 heterocycles. The molecule has 2 fully saturated rings. The van der Waals surface area contributed by atoms with E-state index in [4.69, 9.17) is 16.3 Å². The highest BCUT2D eigenvalue weighted by molar-refractivity contribution is 6.30. The summed E-state index contributed by atoms with van der Waals surface area (Å²) in [6.07, 6.45) is -0.615. The fraction of sp³-hybridized carbons (Fsp3) is 0.588. The number of benzene rings is 1. The van der Waals surface area contributed by atoms with E-state index in [1.165, 1.54) is 0 Å². The summed E-state index contributed by atoms with van der Waals surface area (Å²) < 4.78 is 5.31. The van der Waals surface area contributed by atoms with Gasteiger partial charge in [0.25, 0.3) is 5.91 Å². The number of likely N-dealkylation sites (tertiary alicyclic amines) is 1. The lowest BCUT2D eigenvalue weighted by Gasteiger charge is -2.44. The Morgan fingerprint density at radius 3 is 2.54 bits per heavy atom. The molecule has 0 spiro atoms. The highest BCUT2D eigenvalue weighted by Gasteiger charge is 2.43. The van der Waals surface area contributed by atoms with Crippen molar-refractivity contribution in [1.82, 2.24) is 9.80 Å². The van der Waals surface area contributed by atoms with E-state index in [0.717, 1.165) is 13.1 Å². The Morgan fingerprint density at radius 1 is 1.25 bits per heavy atom. The van der Waals surface area contributed by atoms with Crippen LogP contribution in [0.1, 0.15) is 16.8 Å². The largest absolute Gasteiger partial charge is 0.388 e. The number of aliphatic hydroxyl groups is 2. The second kappa shape index (κ2) is 7.37.